The lowest BCUT2D eigenvalue weighted by Crippen LogP contribution is -1.84. The first kappa shape index (κ1) is 9.75. The highest BCUT2D eigenvalue weighted by molar-refractivity contribution is 6.30. The average Bonchev–Trinajstić information content (AvgIpc) is 2.16. The first-order chi connectivity index (χ1) is 6.27. The van der Waals surface area contributed by atoms with E-state index in [2.05, 4.69) is 6.58 Å². The van der Waals surface area contributed by atoms with Gasteiger partial charge in [0.15, 0.2) is 6.29 Å². The number of allylic oxidation sites excluding steroid dienone is 3. The Hall–Kier alpha value is -1.34. The molecule has 0 N–H and O–H groups in total. The van der Waals surface area contributed by atoms with Gasteiger partial charge in [-0.2, -0.15) is 0 Å². The van der Waals surface area contributed by atoms with Crippen molar-refractivity contribution in [1.29, 1.82) is 0 Å². The van der Waals surface area contributed by atoms with Crippen LogP contribution in [0.3, 0.4) is 0 Å². The van der Waals surface area contributed by atoms with E-state index in [0.717, 1.165) is 11.8 Å². The molecule has 0 heterocycles. The molecule has 0 aliphatic heterocycles. The largest absolute Gasteiger partial charge is 0.298 e. The summed E-state index contributed by atoms with van der Waals surface area (Å²) in [6.45, 7) is 3.53. The van der Waals surface area contributed by atoms with E-state index in [1.54, 1.807) is 36.4 Å². The third-order valence-corrected chi connectivity index (χ3v) is 1.85. The first-order valence-corrected chi connectivity index (χ1v) is 4.19. The Labute approximate surface area is 82.3 Å². The zero-order chi connectivity index (χ0) is 9.68. The molecular weight excluding hydrogens is 184 g/mol. The number of benzene rings is 1. The van der Waals surface area contributed by atoms with Crippen molar-refractivity contribution >= 4 is 23.5 Å². The van der Waals surface area contributed by atoms with E-state index in [0.29, 0.717) is 10.6 Å². The number of rotatable bonds is 3. The summed E-state index contributed by atoms with van der Waals surface area (Å²) < 4.78 is 0. The van der Waals surface area contributed by atoms with Crippen molar-refractivity contribution in [2.45, 2.75) is 0 Å². The van der Waals surface area contributed by atoms with E-state index in [1.165, 1.54) is 0 Å². The second-order valence-corrected chi connectivity index (χ2v) is 2.92. The van der Waals surface area contributed by atoms with Crippen LogP contribution in [0.1, 0.15) is 5.56 Å². The Morgan fingerprint density at radius 1 is 1.31 bits per heavy atom. The van der Waals surface area contributed by atoms with E-state index in [9.17, 15) is 4.79 Å². The average molecular weight is 193 g/mol. The lowest BCUT2D eigenvalue weighted by atomic mass is 10.1. The van der Waals surface area contributed by atoms with Crippen LogP contribution in [0.5, 0.6) is 0 Å². The maximum atomic E-state index is 10.6. The molecule has 66 valence electrons. The zero-order valence-corrected chi connectivity index (χ0v) is 7.79. The van der Waals surface area contributed by atoms with Crippen molar-refractivity contribution in [2.24, 2.45) is 0 Å². The second kappa shape index (κ2) is 4.63. The van der Waals surface area contributed by atoms with Gasteiger partial charge in [-0.15, -0.1) is 0 Å². The van der Waals surface area contributed by atoms with Gasteiger partial charge in [0.05, 0.1) is 0 Å². The van der Waals surface area contributed by atoms with Gasteiger partial charge in [-0.3, -0.25) is 4.79 Å². The molecule has 1 aromatic carbocycles. The van der Waals surface area contributed by atoms with Crippen LogP contribution in [0.4, 0.5) is 0 Å². The predicted octanol–water partition coefficient (Wildman–Crippen LogP) is 3.11. The predicted molar refractivity (Wildman–Crippen MR) is 55.7 cm³/mol. The molecule has 0 amide bonds. The van der Waals surface area contributed by atoms with Gasteiger partial charge >= 0.3 is 0 Å². The Morgan fingerprint density at radius 2 is 1.92 bits per heavy atom. The molecule has 0 unspecified atom stereocenters. The topological polar surface area (TPSA) is 17.1 Å². The van der Waals surface area contributed by atoms with Crippen LogP contribution in [-0.2, 0) is 4.79 Å². The molecule has 0 radical (unpaired) electrons. The summed E-state index contributed by atoms with van der Waals surface area (Å²) in [5.74, 6) is 0. The fourth-order valence-electron chi connectivity index (χ4n) is 0.973. The van der Waals surface area contributed by atoms with Crippen molar-refractivity contribution in [3.8, 4) is 0 Å². The van der Waals surface area contributed by atoms with Gasteiger partial charge in [-0.05, 0) is 17.7 Å². The van der Waals surface area contributed by atoms with Crippen LogP contribution in [0.2, 0.25) is 5.02 Å². The van der Waals surface area contributed by atoms with Crippen LogP contribution in [-0.4, -0.2) is 6.29 Å². The molecule has 0 aliphatic rings. The maximum absolute atomic E-state index is 10.6. The maximum Gasteiger partial charge on any atom is 0.150 e. The summed E-state index contributed by atoms with van der Waals surface area (Å²) >= 11 is 5.71. The first-order valence-electron chi connectivity index (χ1n) is 3.81. The molecule has 1 nitrogen and oxygen atoms in total. The van der Waals surface area contributed by atoms with Crippen molar-refractivity contribution in [2.75, 3.05) is 0 Å². The van der Waals surface area contributed by atoms with Crippen LogP contribution in [0.25, 0.3) is 5.57 Å². The van der Waals surface area contributed by atoms with Gasteiger partial charge in [0.2, 0.25) is 0 Å². The smallest absolute Gasteiger partial charge is 0.150 e. The van der Waals surface area contributed by atoms with Crippen molar-refractivity contribution in [3.63, 3.8) is 0 Å². The van der Waals surface area contributed by atoms with Gasteiger partial charge in [0.25, 0.3) is 0 Å². The summed E-state index contributed by atoms with van der Waals surface area (Å²) in [5.41, 5.74) is 1.45. The molecule has 0 aromatic heterocycles. The normalized spacial score (nSPS) is 11.0. The van der Waals surface area contributed by atoms with Crippen molar-refractivity contribution in [1.82, 2.24) is 0 Å². The van der Waals surface area contributed by atoms with Crippen LogP contribution < -0.4 is 0 Å². The van der Waals surface area contributed by atoms with E-state index in [1.807, 2.05) is 0 Å². The minimum Gasteiger partial charge on any atom is -0.298 e. The quantitative estimate of drug-likeness (QED) is 0.409. The molecule has 0 aliphatic carbocycles. The zero-order valence-electron chi connectivity index (χ0n) is 7.03. The Balaban J connectivity index is 3.06. The molecule has 0 atom stereocenters. The summed E-state index contributed by atoms with van der Waals surface area (Å²) in [4.78, 5) is 10.6. The molecule has 1 aromatic rings. The van der Waals surface area contributed by atoms with Gasteiger partial charge in [0.1, 0.15) is 0 Å². The molecule has 0 spiro atoms. The number of hydrogen-bond donors (Lipinski definition) is 0. The number of hydrogen-bond acceptors (Lipinski definition) is 1. The monoisotopic (exact) mass is 192 g/mol. The third kappa shape index (κ3) is 2.56. The fourth-order valence-corrected chi connectivity index (χ4v) is 1.10. The number of aldehydes is 1. The van der Waals surface area contributed by atoms with Crippen LogP contribution in [0.15, 0.2) is 43.0 Å². The van der Waals surface area contributed by atoms with Crippen molar-refractivity contribution < 1.29 is 4.79 Å². The molecular formula is C11H9ClO. The van der Waals surface area contributed by atoms with Crippen LogP contribution in [0, 0.1) is 0 Å². The third-order valence-electron chi connectivity index (χ3n) is 1.60. The summed E-state index contributed by atoms with van der Waals surface area (Å²) in [6, 6.07) is 7.09. The van der Waals surface area contributed by atoms with E-state index >= 15 is 0 Å². The Bertz CT molecular complexity index is 336. The molecule has 2 heteroatoms. The number of carbonyl (C=O) groups is 1. The standard InChI is InChI=1S/C11H9ClO/c1-2-3-10(8-13)9-4-6-11(12)7-5-9/h2-8H,1H2. The summed E-state index contributed by atoms with van der Waals surface area (Å²) in [5, 5.41) is 0.660. The highest BCUT2D eigenvalue weighted by Gasteiger charge is 1.97. The molecule has 0 saturated carbocycles. The minimum absolute atomic E-state index is 0.603. The molecule has 0 saturated heterocycles. The lowest BCUT2D eigenvalue weighted by molar-refractivity contribution is -0.103. The van der Waals surface area contributed by atoms with Gasteiger partial charge in [-0.25, -0.2) is 0 Å². The van der Waals surface area contributed by atoms with E-state index < -0.39 is 0 Å². The van der Waals surface area contributed by atoms with Gasteiger partial charge in [-0.1, -0.05) is 42.5 Å². The Kier molecular flexibility index (Phi) is 3.47. The summed E-state index contributed by atoms with van der Waals surface area (Å²) in [7, 11) is 0. The summed E-state index contributed by atoms with van der Waals surface area (Å²) in [6.07, 6.45) is 4.04. The van der Waals surface area contributed by atoms with Gasteiger partial charge in [0, 0.05) is 10.6 Å². The number of carbonyl (C=O) groups excluding carboxylic acids is 1. The molecule has 0 fully saturated rings. The highest BCUT2D eigenvalue weighted by atomic mass is 35.5. The molecule has 0 bridgehead atoms. The lowest BCUT2D eigenvalue weighted by Gasteiger charge is -1.98. The van der Waals surface area contributed by atoms with E-state index in [-0.39, 0.29) is 0 Å². The van der Waals surface area contributed by atoms with Gasteiger partial charge < -0.3 is 0 Å². The molecule has 1 rings (SSSR count). The van der Waals surface area contributed by atoms with Crippen molar-refractivity contribution in [3.05, 3.63) is 53.6 Å². The Morgan fingerprint density at radius 3 is 2.38 bits per heavy atom. The SMILES string of the molecule is C=CC=C(C=O)c1ccc(Cl)cc1. The molecule has 13 heavy (non-hydrogen) atoms. The van der Waals surface area contributed by atoms with Crippen LogP contribution >= 0.6 is 11.6 Å². The number of halogens is 1. The second-order valence-electron chi connectivity index (χ2n) is 2.48. The minimum atomic E-state index is 0.603. The van der Waals surface area contributed by atoms with E-state index in [4.69, 9.17) is 11.6 Å². The fraction of sp³-hybridized carbons (Fsp3) is 0. The highest BCUT2D eigenvalue weighted by Crippen LogP contribution is 2.15.